The normalized spacial score (nSPS) is 11.4. The highest BCUT2D eigenvalue weighted by molar-refractivity contribution is 6.48. The number of anilines is 1. The molecule has 0 heterocycles. The molecule has 3 rings (SSSR count). The van der Waals surface area contributed by atoms with Gasteiger partial charge in [-0.15, -0.1) is 0 Å². The average Bonchev–Trinajstić information content (AvgIpc) is 2.90. The number of carbonyl (C=O) groups is 5. The van der Waals surface area contributed by atoms with Crippen LogP contribution in [0.25, 0.3) is 10.8 Å². The van der Waals surface area contributed by atoms with Gasteiger partial charge in [0.25, 0.3) is 11.7 Å². The molecule has 9 nitrogen and oxygen atoms in total. The van der Waals surface area contributed by atoms with E-state index in [1.54, 1.807) is 36.4 Å². The lowest BCUT2D eigenvalue weighted by Gasteiger charge is -2.19. The van der Waals surface area contributed by atoms with Crippen molar-refractivity contribution in [1.29, 1.82) is 0 Å². The first-order valence-corrected chi connectivity index (χ1v) is 12.5. The molecule has 0 radical (unpaired) electrons. The van der Waals surface area contributed by atoms with Crippen LogP contribution in [-0.4, -0.2) is 47.2 Å². The molecule has 3 amide bonds. The lowest BCUT2D eigenvalue weighted by molar-refractivity contribution is -0.128. The maximum absolute atomic E-state index is 13.1. The van der Waals surface area contributed by atoms with Crippen LogP contribution < -0.4 is 16.0 Å². The van der Waals surface area contributed by atoms with Gasteiger partial charge < -0.3 is 21.1 Å². The number of amides is 3. The molecule has 1 atom stereocenters. The van der Waals surface area contributed by atoms with E-state index in [2.05, 4.69) is 22.9 Å². The van der Waals surface area contributed by atoms with Gasteiger partial charge >= 0.3 is 5.97 Å². The minimum absolute atomic E-state index is 0.0161. The number of rotatable bonds is 12. The third-order valence-corrected chi connectivity index (χ3v) is 6.07. The summed E-state index contributed by atoms with van der Waals surface area (Å²) in [6.45, 7) is 3.93. The minimum Gasteiger partial charge on any atom is -0.478 e. The Labute approximate surface area is 220 Å². The van der Waals surface area contributed by atoms with Crippen LogP contribution in [0.2, 0.25) is 0 Å². The number of Topliss-reactive ketones (excluding diaryl/α,β-unsaturated/α-hetero) is 1. The van der Waals surface area contributed by atoms with Gasteiger partial charge in [0, 0.05) is 25.5 Å². The van der Waals surface area contributed by atoms with E-state index in [-0.39, 0.29) is 35.0 Å². The molecule has 0 aliphatic rings. The maximum atomic E-state index is 13.1. The van der Waals surface area contributed by atoms with E-state index in [1.165, 1.54) is 31.2 Å². The van der Waals surface area contributed by atoms with Gasteiger partial charge in [0.05, 0.1) is 11.3 Å². The lowest BCUT2D eigenvalue weighted by Crippen LogP contribution is -2.47. The van der Waals surface area contributed by atoms with Crippen molar-refractivity contribution in [2.45, 2.75) is 45.6 Å². The van der Waals surface area contributed by atoms with Crippen molar-refractivity contribution in [3.05, 3.63) is 77.4 Å². The van der Waals surface area contributed by atoms with Gasteiger partial charge in [0.15, 0.2) is 0 Å². The summed E-state index contributed by atoms with van der Waals surface area (Å²) in [5.41, 5.74) is 0.735. The number of carboxylic acid groups (broad SMARTS) is 1. The molecule has 0 aliphatic carbocycles. The van der Waals surface area contributed by atoms with E-state index in [0.717, 1.165) is 24.8 Å². The van der Waals surface area contributed by atoms with Gasteiger partial charge in [-0.2, -0.15) is 0 Å². The standard InChI is InChI=1S/C29H31N3O6/c1-3-4-9-16-30-27(35)25(31-18(2)33)17-19-14-15-22(21-11-6-5-10-20(19)21)26(34)28(36)32-24-13-8-7-12-23(24)29(37)38/h5-8,10-15,25H,3-4,9,16-17H2,1-2H3,(H,30,35)(H,31,33)(H,32,36)(H,37,38). The molecule has 9 heteroatoms. The topological polar surface area (TPSA) is 142 Å². The molecule has 0 aromatic heterocycles. The van der Waals surface area contributed by atoms with Crippen LogP contribution >= 0.6 is 0 Å². The van der Waals surface area contributed by atoms with Gasteiger partial charge in [-0.05, 0) is 41.0 Å². The zero-order valence-corrected chi connectivity index (χ0v) is 21.4. The number of ketones is 1. The number of para-hydroxylation sites is 1. The highest BCUT2D eigenvalue weighted by Gasteiger charge is 2.24. The van der Waals surface area contributed by atoms with Gasteiger partial charge in [0.1, 0.15) is 6.04 Å². The van der Waals surface area contributed by atoms with Crippen LogP contribution in [0.1, 0.15) is 59.4 Å². The number of hydrogen-bond acceptors (Lipinski definition) is 5. The summed E-state index contributed by atoms with van der Waals surface area (Å²) >= 11 is 0. The number of aromatic carboxylic acids is 1. The smallest absolute Gasteiger partial charge is 0.337 e. The van der Waals surface area contributed by atoms with Crippen molar-refractivity contribution in [2.24, 2.45) is 0 Å². The molecule has 198 valence electrons. The number of carbonyl (C=O) groups excluding carboxylic acids is 4. The zero-order chi connectivity index (χ0) is 27.7. The lowest BCUT2D eigenvalue weighted by atomic mass is 9.93. The van der Waals surface area contributed by atoms with Crippen molar-refractivity contribution in [2.75, 3.05) is 11.9 Å². The summed E-state index contributed by atoms with van der Waals surface area (Å²) in [7, 11) is 0. The summed E-state index contributed by atoms with van der Waals surface area (Å²) < 4.78 is 0. The number of benzene rings is 3. The summed E-state index contributed by atoms with van der Waals surface area (Å²) in [5, 5.41) is 18.5. The van der Waals surface area contributed by atoms with Crippen LogP contribution in [0.15, 0.2) is 60.7 Å². The highest BCUT2D eigenvalue weighted by Crippen LogP contribution is 2.25. The van der Waals surface area contributed by atoms with Crippen molar-refractivity contribution in [3.8, 4) is 0 Å². The van der Waals surface area contributed by atoms with E-state index >= 15 is 0 Å². The number of hydrogen-bond donors (Lipinski definition) is 4. The van der Waals surface area contributed by atoms with Gasteiger partial charge in [-0.25, -0.2) is 4.79 Å². The molecule has 0 aliphatic heterocycles. The third kappa shape index (κ3) is 7.03. The van der Waals surface area contributed by atoms with Gasteiger partial charge in [0.2, 0.25) is 11.8 Å². The summed E-state index contributed by atoms with van der Waals surface area (Å²) in [6, 6.07) is 15.2. The average molecular weight is 518 g/mol. The van der Waals surface area contributed by atoms with Gasteiger partial charge in [-0.1, -0.05) is 62.2 Å². The van der Waals surface area contributed by atoms with Crippen molar-refractivity contribution >= 4 is 45.9 Å². The Hall–Kier alpha value is -4.53. The number of nitrogens with one attached hydrogen (secondary N) is 3. The monoisotopic (exact) mass is 517 g/mol. The molecule has 4 N–H and O–H groups in total. The largest absolute Gasteiger partial charge is 0.478 e. The number of fused-ring (bicyclic) bond motifs is 1. The Morgan fingerprint density at radius 1 is 0.842 bits per heavy atom. The SMILES string of the molecule is CCCCCNC(=O)C(Cc1ccc(C(=O)C(=O)Nc2ccccc2C(=O)O)c2ccccc12)NC(C)=O. The fourth-order valence-corrected chi connectivity index (χ4v) is 4.20. The molecule has 0 spiro atoms. The van der Waals surface area contributed by atoms with Crippen molar-refractivity contribution in [3.63, 3.8) is 0 Å². The fourth-order valence-electron chi connectivity index (χ4n) is 4.20. The van der Waals surface area contributed by atoms with Crippen molar-refractivity contribution in [1.82, 2.24) is 10.6 Å². The second kappa shape index (κ2) is 13.1. The predicted molar refractivity (Wildman–Crippen MR) is 144 cm³/mol. The number of carboxylic acids is 1. The fraction of sp³-hybridized carbons (Fsp3) is 0.276. The van der Waals surface area contributed by atoms with Crippen molar-refractivity contribution < 1.29 is 29.1 Å². The number of unbranched alkanes of at least 4 members (excludes halogenated alkanes) is 2. The zero-order valence-electron chi connectivity index (χ0n) is 21.4. The van der Waals surface area contributed by atoms with Crippen LogP contribution in [0.3, 0.4) is 0 Å². The Bertz CT molecular complexity index is 1370. The first kappa shape index (κ1) is 28.0. The predicted octanol–water partition coefficient (Wildman–Crippen LogP) is 3.71. The van der Waals surface area contributed by atoms with Crippen LogP contribution in [0, 0.1) is 0 Å². The van der Waals surface area contributed by atoms with Crippen LogP contribution in [0.4, 0.5) is 5.69 Å². The van der Waals surface area contributed by atoms with E-state index in [1.807, 2.05) is 0 Å². The summed E-state index contributed by atoms with van der Waals surface area (Å²) in [4.78, 5) is 62.0. The Morgan fingerprint density at radius 3 is 2.21 bits per heavy atom. The third-order valence-electron chi connectivity index (χ3n) is 6.07. The first-order chi connectivity index (χ1) is 18.2. The molecule has 38 heavy (non-hydrogen) atoms. The van der Waals surface area contributed by atoms with Crippen LogP contribution in [-0.2, 0) is 20.8 Å². The molecular formula is C29H31N3O6. The second-order valence-corrected chi connectivity index (χ2v) is 8.91. The summed E-state index contributed by atoms with van der Waals surface area (Å²) in [5.74, 6) is -3.67. The Balaban J connectivity index is 1.87. The molecule has 3 aromatic carbocycles. The first-order valence-electron chi connectivity index (χ1n) is 12.5. The van der Waals surface area contributed by atoms with Crippen LogP contribution in [0.5, 0.6) is 0 Å². The van der Waals surface area contributed by atoms with E-state index in [0.29, 0.717) is 17.3 Å². The quantitative estimate of drug-likeness (QED) is 0.164. The van der Waals surface area contributed by atoms with E-state index in [9.17, 15) is 29.1 Å². The Morgan fingerprint density at radius 2 is 1.53 bits per heavy atom. The molecular weight excluding hydrogens is 486 g/mol. The summed E-state index contributed by atoms with van der Waals surface area (Å²) in [6.07, 6.45) is 3.03. The van der Waals surface area contributed by atoms with E-state index in [4.69, 9.17) is 0 Å². The second-order valence-electron chi connectivity index (χ2n) is 8.91. The molecule has 0 saturated carbocycles. The van der Waals surface area contributed by atoms with E-state index < -0.39 is 23.7 Å². The van der Waals surface area contributed by atoms with Gasteiger partial charge in [-0.3, -0.25) is 19.2 Å². The molecule has 1 unspecified atom stereocenters. The maximum Gasteiger partial charge on any atom is 0.337 e. The minimum atomic E-state index is -1.23. The molecule has 3 aromatic rings. The highest BCUT2D eigenvalue weighted by atomic mass is 16.4. The molecule has 0 fully saturated rings. The molecule has 0 saturated heterocycles. The Kier molecular flexibility index (Phi) is 9.70. The molecule has 0 bridgehead atoms.